The summed E-state index contributed by atoms with van der Waals surface area (Å²) in [5.41, 5.74) is 1.09. The molecule has 0 saturated carbocycles. The Balaban J connectivity index is 2.32. The van der Waals surface area contributed by atoms with Gasteiger partial charge in [0, 0.05) is 0 Å². The fourth-order valence-electron chi connectivity index (χ4n) is 1.74. The Morgan fingerprint density at radius 1 is 1.46 bits per heavy atom. The second-order valence-corrected chi connectivity index (χ2v) is 3.30. The van der Waals surface area contributed by atoms with E-state index in [1.54, 1.807) is 6.08 Å². The topological polar surface area (TPSA) is 43.4 Å². The van der Waals surface area contributed by atoms with E-state index in [4.69, 9.17) is 0 Å². The minimum atomic E-state index is -0.401. The minimum absolute atomic E-state index is 0.274. The first-order valence-electron chi connectivity index (χ1n) is 4.31. The minimum Gasteiger partial charge on any atom is -0.392 e. The first-order valence-corrected chi connectivity index (χ1v) is 4.31. The molecule has 2 unspecified atom stereocenters. The molecule has 2 aliphatic rings. The predicted octanol–water partition coefficient (Wildman–Crippen LogP) is 1.21. The number of carbonyl (C=O) groups excluding carboxylic acids is 2. The molecule has 0 aromatic heterocycles. The normalized spacial score (nSPS) is 35.0. The molecule has 0 spiro atoms. The fraction of sp³-hybridized carbons (Fsp3) is 0.400. The molecule has 0 aromatic rings. The maximum absolute atomic E-state index is 11.2. The molecule has 68 valence electrons. The van der Waals surface area contributed by atoms with Crippen molar-refractivity contribution in [2.75, 3.05) is 0 Å². The lowest BCUT2D eigenvalue weighted by atomic mass is 9.83. The van der Waals surface area contributed by atoms with Crippen LogP contribution in [0.5, 0.6) is 0 Å². The zero-order valence-electron chi connectivity index (χ0n) is 7.32. The van der Waals surface area contributed by atoms with Crippen molar-refractivity contribution in [2.24, 2.45) is 11.8 Å². The van der Waals surface area contributed by atoms with Crippen molar-refractivity contribution in [1.29, 1.82) is 0 Å². The van der Waals surface area contributed by atoms with Gasteiger partial charge < -0.3 is 4.74 Å². The van der Waals surface area contributed by atoms with E-state index in [-0.39, 0.29) is 17.8 Å². The maximum atomic E-state index is 11.2. The summed E-state index contributed by atoms with van der Waals surface area (Å²) in [4.78, 5) is 22.3. The number of allylic oxidation sites excluding steroid dienone is 3. The lowest BCUT2D eigenvalue weighted by Crippen LogP contribution is -2.19. The van der Waals surface area contributed by atoms with Crippen molar-refractivity contribution in [3.63, 3.8) is 0 Å². The van der Waals surface area contributed by atoms with E-state index >= 15 is 0 Å². The summed E-state index contributed by atoms with van der Waals surface area (Å²) in [6.07, 6.45) is 6.22. The number of esters is 2. The van der Waals surface area contributed by atoms with Gasteiger partial charge in [0.15, 0.2) is 0 Å². The highest BCUT2D eigenvalue weighted by Gasteiger charge is 2.44. The summed E-state index contributed by atoms with van der Waals surface area (Å²) in [5, 5.41) is 0. The number of hydrogen-bond donors (Lipinski definition) is 0. The quantitative estimate of drug-likeness (QED) is 0.413. The molecule has 3 nitrogen and oxygen atoms in total. The fourth-order valence-corrected chi connectivity index (χ4v) is 1.74. The van der Waals surface area contributed by atoms with E-state index in [2.05, 4.69) is 4.74 Å². The maximum Gasteiger partial charge on any atom is 0.321 e. The van der Waals surface area contributed by atoms with Crippen molar-refractivity contribution in [2.45, 2.75) is 13.3 Å². The molecule has 0 radical (unpaired) electrons. The van der Waals surface area contributed by atoms with E-state index in [0.29, 0.717) is 6.42 Å². The van der Waals surface area contributed by atoms with Gasteiger partial charge in [0.2, 0.25) is 0 Å². The van der Waals surface area contributed by atoms with Crippen LogP contribution in [0.2, 0.25) is 0 Å². The third kappa shape index (κ3) is 1.20. The number of rotatable bonds is 0. The largest absolute Gasteiger partial charge is 0.392 e. The van der Waals surface area contributed by atoms with Crippen molar-refractivity contribution in [1.82, 2.24) is 0 Å². The highest BCUT2D eigenvalue weighted by atomic mass is 16.6. The van der Waals surface area contributed by atoms with Gasteiger partial charge in [-0.05, 0) is 13.3 Å². The van der Waals surface area contributed by atoms with Gasteiger partial charge in [-0.1, -0.05) is 23.8 Å². The third-order valence-corrected chi connectivity index (χ3v) is 2.55. The average Bonchev–Trinajstić information content (AvgIpc) is 2.42. The van der Waals surface area contributed by atoms with Gasteiger partial charge in [-0.15, -0.1) is 0 Å². The van der Waals surface area contributed by atoms with Crippen molar-refractivity contribution >= 4 is 11.9 Å². The van der Waals surface area contributed by atoms with Crippen LogP contribution in [0.25, 0.3) is 0 Å². The highest BCUT2D eigenvalue weighted by Crippen LogP contribution is 2.34. The Morgan fingerprint density at radius 3 is 2.92 bits per heavy atom. The number of fused-ring (bicyclic) bond motifs is 1. The Hall–Kier alpha value is -1.38. The lowest BCUT2D eigenvalue weighted by Gasteiger charge is -2.15. The molecular weight excluding hydrogens is 168 g/mol. The molecule has 0 aromatic carbocycles. The number of carbonyl (C=O) groups is 2. The van der Waals surface area contributed by atoms with Crippen LogP contribution in [0, 0.1) is 11.8 Å². The zero-order chi connectivity index (χ0) is 9.42. The standard InChI is InChI=1S/C10H10O3/c1-2-6-3-4-7-8(5-6)10(12)13-9(7)11/h2-4,7-8H,5H2,1H3/b6-2-. The molecule has 2 rings (SSSR count). The van der Waals surface area contributed by atoms with Gasteiger partial charge in [-0.3, -0.25) is 9.59 Å². The Bertz CT molecular complexity index is 325. The van der Waals surface area contributed by atoms with E-state index in [1.165, 1.54) is 0 Å². The van der Waals surface area contributed by atoms with Crippen LogP contribution in [0.4, 0.5) is 0 Å². The first-order chi connectivity index (χ1) is 6.22. The van der Waals surface area contributed by atoms with Crippen molar-refractivity contribution in [3.8, 4) is 0 Å². The molecule has 0 amide bonds. The average molecular weight is 178 g/mol. The highest BCUT2D eigenvalue weighted by molar-refractivity contribution is 5.98. The van der Waals surface area contributed by atoms with Gasteiger partial charge in [-0.25, -0.2) is 0 Å². The first kappa shape index (κ1) is 8.23. The number of cyclic esters (lactones) is 2. The summed E-state index contributed by atoms with van der Waals surface area (Å²) in [6.45, 7) is 1.92. The Labute approximate surface area is 76.1 Å². The van der Waals surface area contributed by atoms with Crippen molar-refractivity contribution < 1.29 is 14.3 Å². The molecule has 2 atom stereocenters. The second kappa shape index (κ2) is 2.83. The SMILES string of the molecule is C/C=C1/C=CC2C(=O)OC(=O)C2C1. The van der Waals surface area contributed by atoms with Gasteiger partial charge in [0.1, 0.15) is 0 Å². The molecule has 1 aliphatic heterocycles. The van der Waals surface area contributed by atoms with Crippen LogP contribution in [0.1, 0.15) is 13.3 Å². The van der Waals surface area contributed by atoms with Crippen LogP contribution in [-0.4, -0.2) is 11.9 Å². The molecule has 1 saturated heterocycles. The summed E-state index contributed by atoms with van der Waals surface area (Å²) in [5.74, 6) is -1.39. The summed E-state index contributed by atoms with van der Waals surface area (Å²) in [6, 6.07) is 0. The zero-order valence-corrected chi connectivity index (χ0v) is 7.32. The van der Waals surface area contributed by atoms with Gasteiger partial charge >= 0.3 is 11.9 Å². The third-order valence-electron chi connectivity index (χ3n) is 2.55. The van der Waals surface area contributed by atoms with Crippen LogP contribution in [0.15, 0.2) is 23.8 Å². The van der Waals surface area contributed by atoms with E-state index in [0.717, 1.165) is 5.57 Å². The Morgan fingerprint density at radius 2 is 2.23 bits per heavy atom. The predicted molar refractivity (Wildman–Crippen MR) is 45.6 cm³/mol. The van der Waals surface area contributed by atoms with Crippen LogP contribution in [0.3, 0.4) is 0 Å². The van der Waals surface area contributed by atoms with Crippen LogP contribution in [-0.2, 0) is 14.3 Å². The summed E-state index contributed by atoms with van der Waals surface area (Å²) in [7, 11) is 0. The van der Waals surface area contributed by atoms with Crippen LogP contribution >= 0.6 is 0 Å². The van der Waals surface area contributed by atoms with Gasteiger partial charge in [-0.2, -0.15) is 0 Å². The summed E-state index contributed by atoms with van der Waals surface area (Å²) < 4.78 is 4.54. The van der Waals surface area contributed by atoms with Crippen LogP contribution < -0.4 is 0 Å². The molecule has 3 heteroatoms. The molecule has 1 heterocycles. The van der Waals surface area contributed by atoms with Gasteiger partial charge in [0.05, 0.1) is 11.8 Å². The Kier molecular flexibility index (Phi) is 1.79. The number of ether oxygens (including phenoxy) is 1. The molecule has 1 fully saturated rings. The smallest absolute Gasteiger partial charge is 0.321 e. The van der Waals surface area contributed by atoms with Gasteiger partial charge in [0.25, 0.3) is 0 Å². The second-order valence-electron chi connectivity index (χ2n) is 3.30. The van der Waals surface area contributed by atoms with E-state index < -0.39 is 5.97 Å². The monoisotopic (exact) mass is 178 g/mol. The summed E-state index contributed by atoms with van der Waals surface area (Å²) >= 11 is 0. The molecular formula is C10H10O3. The molecule has 0 bridgehead atoms. The number of hydrogen-bond acceptors (Lipinski definition) is 3. The van der Waals surface area contributed by atoms with E-state index in [9.17, 15) is 9.59 Å². The van der Waals surface area contributed by atoms with Crippen molar-refractivity contribution in [3.05, 3.63) is 23.8 Å². The molecule has 1 aliphatic carbocycles. The lowest BCUT2D eigenvalue weighted by molar-refractivity contribution is -0.153. The molecule has 13 heavy (non-hydrogen) atoms. The molecule has 0 N–H and O–H groups in total. The van der Waals surface area contributed by atoms with E-state index in [1.807, 2.05) is 19.1 Å².